The molecule has 0 spiro atoms. The lowest BCUT2D eigenvalue weighted by Crippen LogP contribution is -2.29. The molecule has 0 saturated carbocycles. The van der Waals surface area contributed by atoms with Gasteiger partial charge in [0, 0.05) is 19.6 Å². The van der Waals surface area contributed by atoms with Crippen molar-refractivity contribution in [3.05, 3.63) is 65.7 Å². The minimum absolute atomic E-state index is 0. The zero-order valence-electron chi connectivity index (χ0n) is 12.7. The molecular formula is C18H22ClNO2. The summed E-state index contributed by atoms with van der Waals surface area (Å²) in [7, 11) is 0. The number of aliphatic hydroxyl groups excluding tert-OH is 1. The highest BCUT2D eigenvalue weighted by Crippen LogP contribution is 2.21. The number of benzene rings is 2. The smallest absolute Gasteiger partial charge is 0.138 e. The summed E-state index contributed by atoms with van der Waals surface area (Å²) in [6.45, 7) is 4.31. The Morgan fingerprint density at radius 1 is 1.09 bits per heavy atom. The summed E-state index contributed by atoms with van der Waals surface area (Å²) in [5.74, 6) is 0.834. The van der Waals surface area contributed by atoms with Gasteiger partial charge in [-0.25, -0.2) is 0 Å². The molecule has 0 aromatic heterocycles. The Kier molecular flexibility index (Phi) is 5.83. The van der Waals surface area contributed by atoms with Crippen LogP contribution in [0.25, 0.3) is 0 Å². The van der Waals surface area contributed by atoms with Crippen LogP contribution in [0.5, 0.6) is 5.75 Å². The van der Waals surface area contributed by atoms with Crippen LogP contribution in [0.3, 0.4) is 0 Å². The van der Waals surface area contributed by atoms with Crippen molar-refractivity contribution in [1.29, 1.82) is 0 Å². The lowest BCUT2D eigenvalue weighted by molar-refractivity contribution is 0.0736. The van der Waals surface area contributed by atoms with Crippen molar-refractivity contribution in [2.75, 3.05) is 13.1 Å². The average molecular weight is 320 g/mol. The molecule has 1 N–H and O–H groups in total. The molecule has 118 valence electrons. The average Bonchev–Trinajstić information content (AvgIpc) is 2.80. The molecule has 1 saturated heterocycles. The number of nitrogens with zero attached hydrogens (tertiary/aromatic N) is 1. The molecule has 2 aromatic carbocycles. The van der Waals surface area contributed by atoms with E-state index in [9.17, 15) is 5.11 Å². The summed E-state index contributed by atoms with van der Waals surface area (Å²) in [5.41, 5.74) is 2.43. The van der Waals surface area contributed by atoms with Crippen molar-refractivity contribution in [3.63, 3.8) is 0 Å². The standard InChI is InChI=1S/C18H21NO2.ClH/c1-14-6-5-9-16(10-14)21-18-13-19(12-17(18)20)11-15-7-3-2-4-8-15;/h2-10,17-18,20H,11-13H2,1H3;1H/t17-,18-;/m0./s1. The van der Waals surface area contributed by atoms with Crippen LogP contribution in [0.4, 0.5) is 0 Å². The van der Waals surface area contributed by atoms with E-state index in [2.05, 4.69) is 17.0 Å². The van der Waals surface area contributed by atoms with Gasteiger partial charge in [0.15, 0.2) is 0 Å². The predicted molar refractivity (Wildman–Crippen MR) is 90.6 cm³/mol. The van der Waals surface area contributed by atoms with Gasteiger partial charge in [0.2, 0.25) is 0 Å². The van der Waals surface area contributed by atoms with Gasteiger partial charge in [-0.15, -0.1) is 12.4 Å². The Hall–Kier alpha value is -1.55. The Morgan fingerprint density at radius 3 is 2.59 bits per heavy atom. The van der Waals surface area contributed by atoms with E-state index in [0.29, 0.717) is 6.54 Å². The monoisotopic (exact) mass is 319 g/mol. The fourth-order valence-corrected chi connectivity index (χ4v) is 2.78. The first-order valence-electron chi connectivity index (χ1n) is 7.38. The highest BCUT2D eigenvalue weighted by Gasteiger charge is 2.32. The Bertz CT molecular complexity index is 591. The third-order valence-corrected chi connectivity index (χ3v) is 3.84. The summed E-state index contributed by atoms with van der Waals surface area (Å²) in [5, 5.41) is 10.2. The molecule has 0 unspecified atom stereocenters. The quantitative estimate of drug-likeness (QED) is 0.940. The molecule has 0 aliphatic carbocycles. The zero-order chi connectivity index (χ0) is 14.7. The SMILES string of the molecule is Cc1cccc(O[C@H]2CN(Cc3ccccc3)C[C@@H]2O)c1.Cl. The minimum atomic E-state index is -0.436. The van der Waals surface area contributed by atoms with Gasteiger partial charge in [0.25, 0.3) is 0 Å². The van der Waals surface area contributed by atoms with E-state index in [0.717, 1.165) is 18.8 Å². The number of rotatable bonds is 4. The molecule has 1 aliphatic heterocycles. The number of aryl methyl sites for hydroxylation is 1. The molecule has 4 heteroatoms. The van der Waals surface area contributed by atoms with Gasteiger partial charge >= 0.3 is 0 Å². The molecule has 3 nitrogen and oxygen atoms in total. The first-order chi connectivity index (χ1) is 10.2. The van der Waals surface area contributed by atoms with Crippen molar-refractivity contribution >= 4 is 12.4 Å². The Balaban J connectivity index is 0.00000176. The third-order valence-electron chi connectivity index (χ3n) is 3.84. The van der Waals surface area contributed by atoms with Crippen molar-refractivity contribution in [1.82, 2.24) is 4.90 Å². The molecule has 0 bridgehead atoms. The van der Waals surface area contributed by atoms with Gasteiger partial charge in [-0.1, -0.05) is 42.5 Å². The molecule has 2 atom stereocenters. The van der Waals surface area contributed by atoms with Crippen LogP contribution in [0.1, 0.15) is 11.1 Å². The van der Waals surface area contributed by atoms with Crippen LogP contribution in [0, 0.1) is 6.92 Å². The van der Waals surface area contributed by atoms with E-state index < -0.39 is 6.10 Å². The van der Waals surface area contributed by atoms with Crippen LogP contribution < -0.4 is 4.74 Å². The minimum Gasteiger partial charge on any atom is -0.486 e. The second-order valence-corrected chi connectivity index (χ2v) is 5.72. The van der Waals surface area contributed by atoms with Crippen LogP contribution in [0.2, 0.25) is 0 Å². The molecule has 1 fully saturated rings. The number of hydrogen-bond donors (Lipinski definition) is 1. The van der Waals surface area contributed by atoms with Crippen molar-refractivity contribution in [3.8, 4) is 5.75 Å². The second kappa shape index (κ2) is 7.63. The largest absolute Gasteiger partial charge is 0.486 e. The Morgan fingerprint density at radius 2 is 1.86 bits per heavy atom. The van der Waals surface area contributed by atoms with Crippen LogP contribution >= 0.6 is 12.4 Å². The molecule has 22 heavy (non-hydrogen) atoms. The van der Waals surface area contributed by atoms with Gasteiger partial charge in [-0.05, 0) is 30.2 Å². The maximum absolute atomic E-state index is 10.2. The fourth-order valence-electron chi connectivity index (χ4n) is 2.78. The van der Waals surface area contributed by atoms with E-state index >= 15 is 0 Å². The topological polar surface area (TPSA) is 32.7 Å². The van der Waals surface area contributed by atoms with Crippen LogP contribution in [0.15, 0.2) is 54.6 Å². The van der Waals surface area contributed by atoms with Crippen molar-refractivity contribution in [2.45, 2.75) is 25.7 Å². The van der Waals surface area contributed by atoms with Crippen LogP contribution in [-0.4, -0.2) is 35.3 Å². The maximum Gasteiger partial charge on any atom is 0.138 e. The molecule has 1 heterocycles. The predicted octanol–water partition coefficient (Wildman–Crippen LogP) is 3.04. The number of hydrogen-bond acceptors (Lipinski definition) is 3. The van der Waals surface area contributed by atoms with Gasteiger partial charge in [0.05, 0.1) is 0 Å². The van der Waals surface area contributed by atoms with E-state index in [1.165, 1.54) is 11.1 Å². The summed E-state index contributed by atoms with van der Waals surface area (Å²) in [4.78, 5) is 2.24. The third kappa shape index (κ3) is 4.23. The van der Waals surface area contributed by atoms with Gasteiger partial charge in [-0.3, -0.25) is 4.90 Å². The molecule has 1 aliphatic rings. The molecule has 0 amide bonds. The fraction of sp³-hybridized carbons (Fsp3) is 0.333. The molecule has 2 aromatic rings. The van der Waals surface area contributed by atoms with E-state index in [1.807, 2.05) is 49.4 Å². The van der Waals surface area contributed by atoms with Gasteiger partial charge in [-0.2, -0.15) is 0 Å². The highest BCUT2D eigenvalue weighted by molar-refractivity contribution is 5.85. The van der Waals surface area contributed by atoms with Crippen molar-refractivity contribution < 1.29 is 9.84 Å². The van der Waals surface area contributed by atoms with Crippen LogP contribution in [-0.2, 0) is 6.54 Å². The first kappa shape index (κ1) is 16.8. The summed E-state index contributed by atoms with van der Waals surface area (Å²) < 4.78 is 5.94. The molecular weight excluding hydrogens is 298 g/mol. The maximum atomic E-state index is 10.2. The number of ether oxygens (including phenoxy) is 1. The number of aliphatic hydroxyl groups is 1. The number of halogens is 1. The lowest BCUT2D eigenvalue weighted by Gasteiger charge is -2.17. The van der Waals surface area contributed by atoms with Crippen molar-refractivity contribution in [2.24, 2.45) is 0 Å². The normalized spacial score (nSPS) is 21.4. The number of β-amino-alcohol motifs (C(OH)–C–C–N with tert-alkyl or cyclic N) is 1. The van der Waals surface area contributed by atoms with E-state index in [1.54, 1.807) is 0 Å². The van der Waals surface area contributed by atoms with E-state index in [4.69, 9.17) is 4.74 Å². The molecule has 3 rings (SSSR count). The van der Waals surface area contributed by atoms with E-state index in [-0.39, 0.29) is 18.5 Å². The zero-order valence-corrected chi connectivity index (χ0v) is 13.5. The summed E-state index contributed by atoms with van der Waals surface area (Å²) in [6, 6.07) is 18.3. The second-order valence-electron chi connectivity index (χ2n) is 5.72. The molecule has 0 radical (unpaired) electrons. The number of likely N-dealkylation sites (tertiary alicyclic amines) is 1. The Labute approximate surface area is 137 Å². The summed E-state index contributed by atoms with van der Waals surface area (Å²) in [6.07, 6.45) is -0.593. The highest BCUT2D eigenvalue weighted by atomic mass is 35.5. The lowest BCUT2D eigenvalue weighted by atomic mass is 10.2. The van der Waals surface area contributed by atoms with Gasteiger partial charge < -0.3 is 9.84 Å². The van der Waals surface area contributed by atoms with Gasteiger partial charge in [0.1, 0.15) is 18.0 Å². The first-order valence-corrected chi connectivity index (χ1v) is 7.38. The summed E-state index contributed by atoms with van der Waals surface area (Å²) >= 11 is 0.